The lowest BCUT2D eigenvalue weighted by Crippen LogP contribution is -2.51. The Labute approximate surface area is 212 Å². The summed E-state index contributed by atoms with van der Waals surface area (Å²) in [5, 5.41) is 4.81. The van der Waals surface area contributed by atoms with Gasteiger partial charge in [0.05, 0.1) is 25.8 Å². The Bertz CT molecular complexity index is 1180. The highest BCUT2D eigenvalue weighted by Gasteiger charge is 2.28. The van der Waals surface area contributed by atoms with Gasteiger partial charge >= 0.3 is 0 Å². The molecule has 2 amide bonds. The molecule has 2 aliphatic rings. The number of likely N-dealkylation sites (tertiary alicyclic amines) is 1. The van der Waals surface area contributed by atoms with Gasteiger partial charge in [0.15, 0.2) is 0 Å². The van der Waals surface area contributed by atoms with Crippen molar-refractivity contribution in [2.24, 2.45) is 0 Å². The molecule has 8 heteroatoms. The molecule has 0 spiro atoms. The average Bonchev–Trinajstić information content (AvgIpc) is 3.60. The van der Waals surface area contributed by atoms with Crippen LogP contribution in [0.2, 0.25) is 0 Å². The van der Waals surface area contributed by atoms with Crippen LogP contribution in [0.4, 0.5) is 0 Å². The van der Waals surface area contributed by atoms with E-state index in [4.69, 9.17) is 9.84 Å². The lowest BCUT2D eigenvalue weighted by atomic mass is 10.1. The highest BCUT2D eigenvalue weighted by atomic mass is 16.5. The fraction of sp³-hybridized carbons (Fsp3) is 0.393. The van der Waals surface area contributed by atoms with Crippen LogP contribution in [0.1, 0.15) is 28.8 Å². The molecule has 2 aromatic carbocycles. The molecular weight excluding hydrogens is 454 g/mol. The molecule has 2 aliphatic heterocycles. The fourth-order valence-electron chi connectivity index (χ4n) is 4.93. The number of methoxy groups -OCH3 is 1. The molecule has 8 nitrogen and oxygen atoms in total. The van der Waals surface area contributed by atoms with Crippen LogP contribution in [0.25, 0.3) is 11.3 Å². The zero-order chi connectivity index (χ0) is 24.9. The van der Waals surface area contributed by atoms with Crippen molar-refractivity contribution < 1.29 is 14.3 Å². The predicted molar refractivity (Wildman–Crippen MR) is 138 cm³/mol. The Morgan fingerprint density at radius 2 is 1.56 bits per heavy atom. The summed E-state index contributed by atoms with van der Waals surface area (Å²) in [6, 6.07) is 17.7. The first-order valence-electron chi connectivity index (χ1n) is 12.7. The third-order valence-electron chi connectivity index (χ3n) is 7.02. The normalized spacial score (nSPS) is 16.4. The van der Waals surface area contributed by atoms with E-state index in [1.165, 1.54) is 0 Å². The van der Waals surface area contributed by atoms with Crippen LogP contribution in [0, 0.1) is 0 Å². The number of ether oxygens (including phenoxy) is 1. The molecule has 0 radical (unpaired) electrons. The third kappa shape index (κ3) is 5.44. The van der Waals surface area contributed by atoms with Gasteiger partial charge in [0.25, 0.3) is 5.91 Å². The summed E-state index contributed by atoms with van der Waals surface area (Å²) in [6.07, 6.45) is 4.06. The maximum atomic E-state index is 13.7. The fourth-order valence-corrected chi connectivity index (χ4v) is 4.93. The maximum absolute atomic E-state index is 13.7. The Morgan fingerprint density at radius 3 is 2.22 bits per heavy atom. The second-order valence-electron chi connectivity index (χ2n) is 9.46. The van der Waals surface area contributed by atoms with E-state index in [0.29, 0.717) is 50.5 Å². The number of carbonyl (C=O) groups is 2. The van der Waals surface area contributed by atoms with Crippen molar-refractivity contribution in [3.63, 3.8) is 0 Å². The highest BCUT2D eigenvalue weighted by molar-refractivity contribution is 6.00. The molecule has 0 aliphatic carbocycles. The second-order valence-corrected chi connectivity index (χ2v) is 9.46. The lowest BCUT2D eigenvalue weighted by Gasteiger charge is -2.35. The summed E-state index contributed by atoms with van der Waals surface area (Å²) >= 11 is 0. The standard InChI is InChI=1S/C28H33N5O3/c1-36-24-11-9-23(10-12-24)27-25(20-33(29-27)19-22-7-3-2-4-8-22)28(35)32-17-15-30(16-18-32)21-26(34)31-13-5-6-14-31/h2-4,7-12,20H,5-6,13-19,21H2,1H3. The molecule has 188 valence electrons. The number of aromatic nitrogens is 2. The number of piperazine rings is 1. The van der Waals surface area contributed by atoms with Gasteiger partial charge in [-0.3, -0.25) is 19.2 Å². The number of hydrogen-bond acceptors (Lipinski definition) is 5. The van der Waals surface area contributed by atoms with E-state index < -0.39 is 0 Å². The molecule has 0 unspecified atom stereocenters. The second kappa shape index (κ2) is 11.0. The molecule has 2 fully saturated rings. The molecule has 0 bridgehead atoms. The Balaban J connectivity index is 1.31. The number of nitrogens with zero attached hydrogens (tertiary/aromatic N) is 5. The summed E-state index contributed by atoms with van der Waals surface area (Å²) in [4.78, 5) is 32.2. The molecule has 0 N–H and O–H groups in total. The maximum Gasteiger partial charge on any atom is 0.257 e. The smallest absolute Gasteiger partial charge is 0.257 e. The van der Waals surface area contributed by atoms with Crippen molar-refractivity contribution in [2.75, 3.05) is 52.9 Å². The molecule has 3 aromatic rings. The van der Waals surface area contributed by atoms with Gasteiger partial charge in [0.2, 0.25) is 5.91 Å². The van der Waals surface area contributed by atoms with E-state index in [1.54, 1.807) is 7.11 Å². The van der Waals surface area contributed by atoms with E-state index in [1.807, 2.05) is 63.1 Å². The van der Waals surface area contributed by atoms with Crippen LogP contribution in [-0.4, -0.2) is 89.2 Å². The Kier molecular flexibility index (Phi) is 7.32. The first kappa shape index (κ1) is 24.1. The van der Waals surface area contributed by atoms with Gasteiger partial charge in [-0.2, -0.15) is 5.10 Å². The topological polar surface area (TPSA) is 70.9 Å². The summed E-state index contributed by atoms with van der Waals surface area (Å²) in [6.45, 7) is 5.35. The monoisotopic (exact) mass is 487 g/mol. The van der Waals surface area contributed by atoms with Gasteiger partial charge in [-0.05, 0) is 42.7 Å². The molecule has 5 rings (SSSR count). The molecule has 1 aromatic heterocycles. The molecule has 36 heavy (non-hydrogen) atoms. The van der Waals surface area contributed by atoms with Crippen LogP contribution in [0.5, 0.6) is 5.75 Å². The first-order chi connectivity index (χ1) is 17.6. The largest absolute Gasteiger partial charge is 0.497 e. The van der Waals surface area contributed by atoms with Crippen molar-refractivity contribution in [1.29, 1.82) is 0 Å². The van der Waals surface area contributed by atoms with Crippen molar-refractivity contribution in [3.05, 3.63) is 71.9 Å². The Hall–Kier alpha value is -3.65. The molecular formula is C28H33N5O3. The van der Waals surface area contributed by atoms with E-state index in [-0.39, 0.29) is 11.8 Å². The number of amides is 2. The average molecular weight is 488 g/mol. The van der Waals surface area contributed by atoms with Crippen molar-refractivity contribution in [2.45, 2.75) is 19.4 Å². The van der Waals surface area contributed by atoms with Crippen LogP contribution < -0.4 is 4.74 Å². The molecule has 0 saturated carbocycles. The zero-order valence-electron chi connectivity index (χ0n) is 20.8. The summed E-state index contributed by atoms with van der Waals surface area (Å²) in [7, 11) is 1.64. The van der Waals surface area contributed by atoms with Crippen LogP contribution in [0.15, 0.2) is 60.8 Å². The minimum atomic E-state index is -0.0225. The number of rotatable bonds is 7. The summed E-state index contributed by atoms with van der Waals surface area (Å²) in [5.74, 6) is 0.942. The Morgan fingerprint density at radius 1 is 0.861 bits per heavy atom. The minimum absolute atomic E-state index is 0.0225. The third-order valence-corrected chi connectivity index (χ3v) is 7.02. The first-order valence-corrected chi connectivity index (χ1v) is 12.7. The van der Waals surface area contributed by atoms with E-state index in [0.717, 1.165) is 42.8 Å². The number of hydrogen-bond donors (Lipinski definition) is 0. The SMILES string of the molecule is COc1ccc(-c2nn(Cc3ccccc3)cc2C(=O)N2CCN(CC(=O)N3CCCC3)CC2)cc1. The zero-order valence-corrected chi connectivity index (χ0v) is 20.8. The van der Waals surface area contributed by atoms with Crippen LogP contribution in [0.3, 0.4) is 0 Å². The van der Waals surface area contributed by atoms with E-state index >= 15 is 0 Å². The van der Waals surface area contributed by atoms with Crippen molar-refractivity contribution in [3.8, 4) is 17.0 Å². The van der Waals surface area contributed by atoms with Gasteiger partial charge < -0.3 is 14.5 Å². The molecule has 0 atom stereocenters. The number of carbonyl (C=O) groups excluding carboxylic acids is 2. The summed E-state index contributed by atoms with van der Waals surface area (Å²) < 4.78 is 7.14. The highest BCUT2D eigenvalue weighted by Crippen LogP contribution is 2.26. The molecule has 2 saturated heterocycles. The van der Waals surface area contributed by atoms with Gasteiger partial charge in [-0.1, -0.05) is 30.3 Å². The van der Waals surface area contributed by atoms with Crippen LogP contribution >= 0.6 is 0 Å². The van der Waals surface area contributed by atoms with Gasteiger partial charge in [-0.15, -0.1) is 0 Å². The van der Waals surface area contributed by atoms with E-state index in [9.17, 15) is 9.59 Å². The van der Waals surface area contributed by atoms with Gasteiger partial charge in [0.1, 0.15) is 11.4 Å². The van der Waals surface area contributed by atoms with Gasteiger partial charge in [-0.25, -0.2) is 0 Å². The molecule has 3 heterocycles. The van der Waals surface area contributed by atoms with Crippen molar-refractivity contribution in [1.82, 2.24) is 24.5 Å². The predicted octanol–water partition coefficient (Wildman–Crippen LogP) is 2.99. The van der Waals surface area contributed by atoms with Gasteiger partial charge in [0, 0.05) is 51.0 Å². The summed E-state index contributed by atoms with van der Waals surface area (Å²) in [5.41, 5.74) is 3.26. The van der Waals surface area contributed by atoms with Crippen molar-refractivity contribution >= 4 is 11.8 Å². The van der Waals surface area contributed by atoms with Crippen LogP contribution in [-0.2, 0) is 11.3 Å². The van der Waals surface area contributed by atoms with E-state index in [2.05, 4.69) is 17.0 Å². The lowest BCUT2D eigenvalue weighted by molar-refractivity contribution is -0.131. The minimum Gasteiger partial charge on any atom is -0.497 e. The quantitative estimate of drug-likeness (QED) is 0.513. The number of benzene rings is 2.